The number of oxime groups is 2. The quantitative estimate of drug-likeness (QED) is 0.462. The van der Waals surface area contributed by atoms with Crippen molar-refractivity contribution in [3.63, 3.8) is 0 Å². The van der Waals surface area contributed by atoms with Crippen LogP contribution in [0.2, 0.25) is 0 Å². The van der Waals surface area contributed by atoms with Crippen LogP contribution in [0.3, 0.4) is 0 Å². The van der Waals surface area contributed by atoms with Crippen LogP contribution in [-0.2, 0) is 0 Å². The van der Waals surface area contributed by atoms with E-state index in [2.05, 4.69) is 31.1 Å². The van der Waals surface area contributed by atoms with E-state index in [-0.39, 0.29) is 0 Å². The van der Waals surface area contributed by atoms with Crippen LogP contribution in [0.4, 0.5) is 0 Å². The summed E-state index contributed by atoms with van der Waals surface area (Å²) in [4.78, 5) is 0. The SMILES string of the molecule is CCCCC(=N/O)/C(=N\O)c1ccc(C(C)C)cc1. The number of hydrogen-bond donors (Lipinski definition) is 2. The fourth-order valence-corrected chi connectivity index (χ4v) is 1.87. The zero-order valence-corrected chi connectivity index (χ0v) is 11.8. The lowest BCUT2D eigenvalue weighted by Gasteiger charge is -2.09. The van der Waals surface area contributed by atoms with E-state index >= 15 is 0 Å². The van der Waals surface area contributed by atoms with Crippen molar-refractivity contribution in [3.05, 3.63) is 35.4 Å². The largest absolute Gasteiger partial charge is 0.411 e. The second kappa shape index (κ2) is 7.56. The maximum absolute atomic E-state index is 9.15. The van der Waals surface area contributed by atoms with Crippen LogP contribution in [0, 0.1) is 0 Å². The molecule has 1 aromatic rings. The summed E-state index contributed by atoms with van der Waals surface area (Å²) in [6.45, 7) is 6.30. The summed E-state index contributed by atoms with van der Waals surface area (Å²) in [5, 5.41) is 24.7. The van der Waals surface area contributed by atoms with Crippen molar-refractivity contribution in [3.8, 4) is 0 Å². The third kappa shape index (κ3) is 4.09. The Labute approximate surface area is 114 Å². The van der Waals surface area contributed by atoms with Gasteiger partial charge < -0.3 is 10.4 Å². The molecule has 0 spiro atoms. The molecule has 1 aromatic carbocycles. The van der Waals surface area contributed by atoms with Crippen LogP contribution in [0.1, 0.15) is 57.1 Å². The third-order valence-corrected chi connectivity index (χ3v) is 3.11. The minimum Gasteiger partial charge on any atom is -0.411 e. The first-order chi connectivity index (χ1) is 9.13. The Morgan fingerprint density at radius 3 is 2.16 bits per heavy atom. The molecule has 0 bridgehead atoms. The van der Waals surface area contributed by atoms with E-state index in [1.54, 1.807) is 0 Å². The summed E-state index contributed by atoms with van der Waals surface area (Å²) < 4.78 is 0. The molecule has 0 aliphatic heterocycles. The highest BCUT2D eigenvalue weighted by atomic mass is 16.4. The molecule has 0 aliphatic rings. The van der Waals surface area contributed by atoms with Crippen LogP contribution >= 0.6 is 0 Å². The average molecular weight is 262 g/mol. The minimum atomic E-state index is 0.339. The van der Waals surface area contributed by atoms with Crippen molar-refractivity contribution in [2.24, 2.45) is 10.3 Å². The highest BCUT2D eigenvalue weighted by Crippen LogP contribution is 2.16. The molecule has 0 aliphatic carbocycles. The second-order valence-corrected chi connectivity index (χ2v) is 4.88. The van der Waals surface area contributed by atoms with Crippen LogP contribution in [0.5, 0.6) is 0 Å². The maximum Gasteiger partial charge on any atom is 0.134 e. The molecule has 0 saturated heterocycles. The lowest BCUT2D eigenvalue weighted by Crippen LogP contribution is -2.16. The Bertz CT molecular complexity index is 448. The number of rotatable bonds is 6. The van der Waals surface area contributed by atoms with Gasteiger partial charge in [0.05, 0.1) is 0 Å². The molecule has 0 amide bonds. The molecule has 0 heterocycles. The summed E-state index contributed by atoms with van der Waals surface area (Å²) in [7, 11) is 0. The van der Waals surface area contributed by atoms with Crippen molar-refractivity contribution in [2.45, 2.75) is 46.0 Å². The van der Waals surface area contributed by atoms with E-state index in [0.717, 1.165) is 18.4 Å². The molecular formula is C15H22N2O2. The Balaban J connectivity index is 2.97. The second-order valence-electron chi connectivity index (χ2n) is 4.88. The van der Waals surface area contributed by atoms with Crippen LogP contribution < -0.4 is 0 Å². The van der Waals surface area contributed by atoms with E-state index in [1.807, 2.05) is 24.3 Å². The van der Waals surface area contributed by atoms with Gasteiger partial charge in [0.1, 0.15) is 11.4 Å². The molecule has 0 unspecified atom stereocenters. The van der Waals surface area contributed by atoms with Gasteiger partial charge in [-0.1, -0.05) is 61.8 Å². The summed E-state index contributed by atoms with van der Waals surface area (Å²) in [6, 6.07) is 7.78. The number of benzene rings is 1. The first-order valence-corrected chi connectivity index (χ1v) is 6.67. The molecule has 0 fully saturated rings. The molecule has 0 aromatic heterocycles. The highest BCUT2D eigenvalue weighted by Gasteiger charge is 2.13. The van der Waals surface area contributed by atoms with Crippen molar-refractivity contribution in [1.82, 2.24) is 0 Å². The Hall–Kier alpha value is -1.84. The highest BCUT2D eigenvalue weighted by molar-refractivity contribution is 6.48. The summed E-state index contributed by atoms with van der Waals surface area (Å²) in [5.74, 6) is 0.453. The lowest BCUT2D eigenvalue weighted by molar-refractivity contribution is 0.313. The van der Waals surface area contributed by atoms with Crippen molar-refractivity contribution in [1.29, 1.82) is 0 Å². The zero-order chi connectivity index (χ0) is 14.3. The van der Waals surface area contributed by atoms with Crippen molar-refractivity contribution < 1.29 is 10.4 Å². The van der Waals surface area contributed by atoms with Gasteiger partial charge in [-0.25, -0.2) is 0 Å². The van der Waals surface area contributed by atoms with Crippen LogP contribution in [0.25, 0.3) is 0 Å². The van der Waals surface area contributed by atoms with Gasteiger partial charge in [0.15, 0.2) is 0 Å². The molecule has 19 heavy (non-hydrogen) atoms. The topological polar surface area (TPSA) is 65.2 Å². The summed E-state index contributed by atoms with van der Waals surface area (Å²) in [6.07, 6.45) is 2.48. The number of hydrogen-bond acceptors (Lipinski definition) is 4. The molecule has 4 heteroatoms. The first kappa shape index (κ1) is 15.2. The van der Waals surface area contributed by atoms with Gasteiger partial charge in [0, 0.05) is 5.56 Å². The number of nitrogens with zero attached hydrogens (tertiary/aromatic N) is 2. The van der Waals surface area contributed by atoms with Crippen LogP contribution in [0.15, 0.2) is 34.6 Å². The fourth-order valence-electron chi connectivity index (χ4n) is 1.87. The standard InChI is InChI=1S/C15H22N2O2/c1-4-5-6-14(16-18)15(17-19)13-9-7-12(8-10-13)11(2)3/h7-11,18-19H,4-6H2,1-3H3/b16-14-,17-15-. The third-order valence-electron chi connectivity index (χ3n) is 3.11. The minimum absolute atomic E-state index is 0.339. The van der Waals surface area contributed by atoms with Gasteiger partial charge in [-0.05, 0) is 24.3 Å². The average Bonchev–Trinajstić information content (AvgIpc) is 2.43. The van der Waals surface area contributed by atoms with Gasteiger partial charge in [-0.15, -0.1) is 0 Å². The van der Waals surface area contributed by atoms with E-state index in [9.17, 15) is 0 Å². The molecule has 0 atom stereocenters. The lowest BCUT2D eigenvalue weighted by atomic mass is 9.97. The fraction of sp³-hybridized carbons (Fsp3) is 0.467. The van der Waals surface area contributed by atoms with Crippen molar-refractivity contribution in [2.75, 3.05) is 0 Å². The monoisotopic (exact) mass is 262 g/mol. The van der Waals surface area contributed by atoms with Crippen molar-refractivity contribution >= 4 is 11.4 Å². The smallest absolute Gasteiger partial charge is 0.134 e. The normalized spacial score (nSPS) is 13.1. The predicted molar refractivity (Wildman–Crippen MR) is 77.6 cm³/mol. The molecule has 104 valence electrons. The Kier molecular flexibility index (Phi) is 6.06. The molecular weight excluding hydrogens is 240 g/mol. The molecule has 0 saturated carbocycles. The Morgan fingerprint density at radius 2 is 1.74 bits per heavy atom. The molecule has 4 nitrogen and oxygen atoms in total. The zero-order valence-electron chi connectivity index (χ0n) is 11.8. The van der Waals surface area contributed by atoms with Gasteiger partial charge in [0.25, 0.3) is 0 Å². The van der Waals surface area contributed by atoms with E-state index < -0.39 is 0 Å². The van der Waals surface area contributed by atoms with Gasteiger partial charge in [-0.2, -0.15) is 0 Å². The first-order valence-electron chi connectivity index (χ1n) is 6.67. The van der Waals surface area contributed by atoms with Crippen LogP contribution in [-0.4, -0.2) is 21.8 Å². The Morgan fingerprint density at radius 1 is 1.11 bits per heavy atom. The van der Waals surface area contributed by atoms with Gasteiger partial charge in [0.2, 0.25) is 0 Å². The summed E-state index contributed by atoms with van der Waals surface area (Å²) in [5.41, 5.74) is 2.74. The molecule has 0 radical (unpaired) electrons. The number of unbranched alkanes of at least 4 members (excludes halogenated alkanes) is 1. The van der Waals surface area contributed by atoms with E-state index in [4.69, 9.17) is 10.4 Å². The predicted octanol–water partition coefficient (Wildman–Crippen LogP) is 4.01. The molecule has 1 rings (SSSR count). The summed E-state index contributed by atoms with van der Waals surface area (Å²) >= 11 is 0. The van der Waals surface area contributed by atoms with E-state index in [1.165, 1.54) is 5.56 Å². The maximum atomic E-state index is 9.15. The van der Waals surface area contributed by atoms with Gasteiger partial charge in [-0.3, -0.25) is 0 Å². The van der Waals surface area contributed by atoms with E-state index in [0.29, 0.717) is 23.8 Å². The molecule has 2 N–H and O–H groups in total. The van der Waals surface area contributed by atoms with Gasteiger partial charge >= 0.3 is 0 Å².